The van der Waals surface area contributed by atoms with Crippen LogP contribution in [0.5, 0.6) is 0 Å². The van der Waals surface area contributed by atoms with Crippen molar-refractivity contribution in [2.45, 2.75) is 26.8 Å². The fourth-order valence-electron chi connectivity index (χ4n) is 0.914. The largest absolute Gasteiger partial charge is 0.353 e. The SMILES string of the molecule is CC(C)C(C)NC(=O)CS(=O)(=O)CCN. The van der Waals surface area contributed by atoms with E-state index in [1.54, 1.807) is 0 Å². The fourth-order valence-corrected chi connectivity index (χ4v) is 1.90. The third-order valence-electron chi connectivity index (χ3n) is 2.17. The number of rotatable bonds is 6. The highest BCUT2D eigenvalue weighted by Gasteiger charge is 2.18. The fraction of sp³-hybridized carbons (Fsp3) is 0.889. The van der Waals surface area contributed by atoms with Crippen molar-refractivity contribution in [1.82, 2.24) is 5.32 Å². The second-order valence-corrected chi connectivity index (χ2v) is 6.16. The van der Waals surface area contributed by atoms with E-state index in [-0.39, 0.29) is 24.3 Å². The lowest BCUT2D eigenvalue weighted by molar-refractivity contribution is -0.119. The highest BCUT2D eigenvalue weighted by molar-refractivity contribution is 7.92. The molecule has 1 atom stereocenters. The summed E-state index contributed by atoms with van der Waals surface area (Å²) in [6, 6.07) is -0.0226. The normalized spacial score (nSPS) is 13.9. The zero-order chi connectivity index (χ0) is 12.1. The van der Waals surface area contributed by atoms with Crippen LogP contribution in [0.25, 0.3) is 0 Å². The predicted molar refractivity (Wildman–Crippen MR) is 60.2 cm³/mol. The van der Waals surface area contributed by atoms with Crippen molar-refractivity contribution in [1.29, 1.82) is 0 Å². The Morgan fingerprint density at radius 2 is 1.87 bits per heavy atom. The van der Waals surface area contributed by atoms with Gasteiger partial charge in [-0.2, -0.15) is 0 Å². The lowest BCUT2D eigenvalue weighted by Gasteiger charge is -2.17. The Labute approximate surface area is 91.3 Å². The first-order chi connectivity index (χ1) is 6.78. The summed E-state index contributed by atoms with van der Waals surface area (Å²) in [7, 11) is -3.34. The van der Waals surface area contributed by atoms with Crippen LogP contribution >= 0.6 is 0 Å². The van der Waals surface area contributed by atoms with Crippen molar-refractivity contribution in [3.63, 3.8) is 0 Å². The number of carbonyl (C=O) groups is 1. The van der Waals surface area contributed by atoms with E-state index in [2.05, 4.69) is 5.32 Å². The molecule has 0 saturated carbocycles. The minimum atomic E-state index is -3.34. The van der Waals surface area contributed by atoms with Crippen molar-refractivity contribution < 1.29 is 13.2 Å². The van der Waals surface area contributed by atoms with E-state index in [0.717, 1.165) is 0 Å². The summed E-state index contributed by atoms with van der Waals surface area (Å²) in [5, 5.41) is 2.63. The molecule has 0 aromatic rings. The lowest BCUT2D eigenvalue weighted by atomic mass is 10.1. The summed E-state index contributed by atoms with van der Waals surface area (Å²) >= 11 is 0. The second-order valence-electron chi connectivity index (χ2n) is 3.98. The van der Waals surface area contributed by atoms with Gasteiger partial charge < -0.3 is 11.1 Å². The molecule has 0 fully saturated rings. The van der Waals surface area contributed by atoms with Crippen molar-refractivity contribution in [3.05, 3.63) is 0 Å². The molecule has 0 aromatic carbocycles. The van der Waals surface area contributed by atoms with E-state index in [4.69, 9.17) is 5.73 Å². The van der Waals surface area contributed by atoms with Crippen LogP contribution < -0.4 is 11.1 Å². The third-order valence-corrected chi connectivity index (χ3v) is 3.73. The molecule has 0 aliphatic carbocycles. The molecule has 0 heterocycles. The molecule has 90 valence electrons. The number of sulfone groups is 1. The summed E-state index contributed by atoms with van der Waals surface area (Å²) in [4.78, 5) is 11.3. The molecule has 0 bridgehead atoms. The smallest absolute Gasteiger partial charge is 0.235 e. The Hall–Kier alpha value is -0.620. The first-order valence-electron chi connectivity index (χ1n) is 4.98. The highest BCUT2D eigenvalue weighted by Crippen LogP contribution is 2.00. The van der Waals surface area contributed by atoms with Crippen LogP contribution in [-0.2, 0) is 14.6 Å². The highest BCUT2D eigenvalue weighted by atomic mass is 32.2. The number of nitrogens with one attached hydrogen (secondary N) is 1. The maximum atomic E-state index is 11.3. The van der Waals surface area contributed by atoms with Gasteiger partial charge in [0.2, 0.25) is 5.91 Å². The Kier molecular flexibility index (Phi) is 5.82. The van der Waals surface area contributed by atoms with Crippen LogP contribution in [-0.4, -0.2) is 38.4 Å². The molecule has 0 aliphatic rings. The molecule has 0 radical (unpaired) electrons. The summed E-state index contributed by atoms with van der Waals surface area (Å²) in [5.41, 5.74) is 5.13. The number of hydrogen-bond donors (Lipinski definition) is 2. The van der Waals surface area contributed by atoms with E-state index >= 15 is 0 Å². The second kappa shape index (κ2) is 6.07. The number of carbonyl (C=O) groups excluding carboxylic acids is 1. The molecule has 0 rings (SSSR count). The van der Waals surface area contributed by atoms with Gasteiger partial charge in [-0.05, 0) is 12.8 Å². The molecular formula is C9H20N2O3S. The molecule has 0 aliphatic heterocycles. The Morgan fingerprint density at radius 3 is 2.27 bits per heavy atom. The standard InChI is InChI=1S/C9H20N2O3S/c1-7(2)8(3)11-9(12)6-15(13,14)5-4-10/h7-8H,4-6,10H2,1-3H3,(H,11,12). The van der Waals surface area contributed by atoms with Gasteiger partial charge in [-0.15, -0.1) is 0 Å². The van der Waals surface area contributed by atoms with Gasteiger partial charge in [-0.3, -0.25) is 4.79 Å². The van der Waals surface area contributed by atoms with Gasteiger partial charge in [0.1, 0.15) is 5.75 Å². The van der Waals surface area contributed by atoms with Crippen LogP contribution in [0.4, 0.5) is 0 Å². The molecule has 1 unspecified atom stereocenters. The van der Waals surface area contributed by atoms with E-state index in [9.17, 15) is 13.2 Å². The molecule has 3 N–H and O–H groups in total. The van der Waals surface area contributed by atoms with Gasteiger partial charge in [-0.25, -0.2) is 8.42 Å². The summed E-state index contributed by atoms with van der Waals surface area (Å²) in [6.45, 7) is 5.81. The number of hydrogen-bond acceptors (Lipinski definition) is 4. The molecule has 0 spiro atoms. The average Bonchev–Trinajstić information content (AvgIpc) is 2.01. The quantitative estimate of drug-likeness (QED) is 0.652. The first kappa shape index (κ1) is 14.4. The van der Waals surface area contributed by atoms with Crippen molar-refractivity contribution in [2.75, 3.05) is 18.1 Å². The average molecular weight is 236 g/mol. The van der Waals surface area contributed by atoms with Gasteiger partial charge in [-0.1, -0.05) is 13.8 Å². The zero-order valence-corrected chi connectivity index (χ0v) is 10.3. The molecule has 6 heteroatoms. The van der Waals surface area contributed by atoms with E-state index < -0.39 is 21.5 Å². The zero-order valence-electron chi connectivity index (χ0n) is 9.49. The lowest BCUT2D eigenvalue weighted by Crippen LogP contribution is -2.40. The van der Waals surface area contributed by atoms with Crippen molar-refractivity contribution >= 4 is 15.7 Å². The van der Waals surface area contributed by atoms with Crippen LogP contribution in [0.2, 0.25) is 0 Å². The molecule has 15 heavy (non-hydrogen) atoms. The van der Waals surface area contributed by atoms with Gasteiger partial charge in [0.05, 0.1) is 5.75 Å². The Morgan fingerprint density at radius 1 is 1.33 bits per heavy atom. The van der Waals surface area contributed by atoms with E-state index in [1.165, 1.54) is 0 Å². The summed E-state index contributed by atoms with van der Waals surface area (Å²) < 4.78 is 22.5. The minimum Gasteiger partial charge on any atom is -0.353 e. The maximum absolute atomic E-state index is 11.3. The molecule has 5 nitrogen and oxygen atoms in total. The number of nitrogens with two attached hydrogens (primary N) is 1. The van der Waals surface area contributed by atoms with E-state index in [1.807, 2.05) is 20.8 Å². The third kappa shape index (κ3) is 6.46. The van der Waals surface area contributed by atoms with Crippen molar-refractivity contribution in [2.24, 2.45) is 11.7 Å². The van der Waals surface area contributed by atoms with Gasteiger partial charge in [0, 0.05) is 12.6 Å². The summed E-state index contributed by atoms with van der Waals surface area (Å²) in [6.07, 6.45) is 0. The van der Waals surface area contributed by atoms with E-state index in [0.29, 0.717) is 0 Å². The molecular weight excluding hydrogens is 216 g/mol. The van der Waals surface area contributed by atoms with Gasteiger partial charge >= 0.3 is 0 Å². The van der Waals surface area contributed by atoms with Crippen LogP contribution in [0, 0.1) is 5.92 Å². The predicted octanol–water partition coefficient (Wildman–Crippen LogP) is -0.479. The first-order valence-corrected chi connectivity index (χ1v) is 6.80. The topological polar surface area (TPSA) is 89.3 Å². The van der Waals surface area contributed by atoms with Crippen LogP contribution in [0.15, 0.2) is 0 Å². The Bertz CT molecular complexity index is 298. The van der Waals surface area contributed by atoms with Gasteiger partial charge in [0.25, 0.3) is 0 Å². The molecule has 0 aromatic heterocycles. The summed E-state index contributed by atoms with van der Waals surface area (Å²) in [5.74, 6) is -0.784. The molecule has 0 saturated heterocycles. The monoisotopic (exact) mass is 236 g/mol. The molecule has 1 amide bonds. The van der Waals surface area contributed by atoms with Crippen molar-refractivity contribution in [3.8, 4) is 0 Å². The van der Waals surface area contributed by atoms with Crippen LogP contribution in [0.3, 0.4) is 0 Å². The minimum absolute atomic E-state index is 0.0226. The Balaban J connectivity index is 4.15. The number of amides is 1. The van der Waals surface area contributed by atoms with Crippen LogP contribution in [0.1, 0.15) is 20.8 Å². The maximum Gasteiger partial charge on any atom is 0.235 e. The van der Waals surface area contributed by atoms with Gasteiger partial charge in [0.15, 0.2) is 9.84 Å².